The van der Waals surface area contributed by atoms with E-state index in [9.17, 15) is 9.59 Å². The number of halogens is 1. The summed E-state index contributed by atoms with van der Waals surface area (Å²) in [6, 6.07) is 7.36. The number of likely N-dealkylation sites (N-methyl/N-ethyl adjacent to an activating group) is 1. The SMILES string of the molecule is CCCn1c(=O)c(OCC(=O)NC)cc2cc(Nc3nc(N4CCC[C@H](C)C4)ncc3Cl)ccc21. The highest BCUT2D eigenvalue weighted by molar-refractivity contribution is 6.32. The van der Waals surface area contributed by atoms with Gasteiger partial charge in [0.15, 0.2) is 18.2 Å². The third kappa shape index (κ3) is 5.67. The van der Waals surface area contributed by atoms with E-state index in [0.717, 1.165) is 42.5 Å². The summed E-state index contributed by atoms with van der Waals surface area (Å²) in [6.07, 6.45) is 4.73. The normalized spacial score (nSPS) is 15.8. The summed E-state index contributed by atoms with van der Waals surface area (Å²) in [5.41, 5.74) is 1.28. The summed E-state index contributed by atoms with van der Waals surface area (Å²) in [5.74, 6) is 1.60. The second-order valence-corrected chi connectivity index (χ2v) is 9.29. The molecule has 186 valence electrons. The number of ether oxygens (including phenoxy) is 1. The standard InChI is InChI=1S/C25H31ClN6O3/c1-4-9-32-20-8-7-18(11-17(20)12-21(24(32)34)35-15-22(33)27-3)29-23-19(26)13-28-25(30-23)31-10-5-6-16(2)14-31/h7-8,11-13,16H,4-6,9-10,14-15H2,1-3H3,(H,27,33)(H,28,29,30)/t16-/m0/s1. The number of piperidine rings is 1. The number of rotatable bonds is 8. The number of aryl methyl sites for hydroxylation is 1. The van der Waals surface area contributed by atoms with Gasteiger partial charge >= 0.3 is 0 Å². The quantitative estimate of drug-likeness (QED) is 0.484. The molecular formula is C25H31ClN6O3. The van der Waals surface area contributed by atoms with Crippen molar-refractivity contribution in [3.05, 3.63) is 45.8 Å². The van der Waals surface area contributed by atoms with Crippen molar-refractivity contribution in [2.24, 2.45) is 5.92 Å². The van der Waals surface area contributed by atoms with E-state index in [1.54, 1.807) is 16.8 Å². The zero-order chi connectivity index (χ0) is 24.9. The molecule has 1 saturated heterocycles. The number of hydrogen-bond donors (Lipinski definition) is 2. The number of benzene rings is 1. The van der Waals surface area contributed by atoms with Crippen LogP contribution in [-0.4, -0.2) is 47.2 Å². The molecular weight excluding hydrogens is 468 g/mol. The molecule has 0 unspecified atom stereocenters. The number of fused-ring (bicyclic) bond motifs is 1. The van der Waals surface area contributed by atoms with E-state index in [2.05, 4.69) is 27.4 Å². The number of aromatic nitrogens is 3. The van der Waals surface area contributed by atoms with Gasteiger partial charge in [0.1, 0.15) is 5.02 Å². The molecule has 35 heavy (non-hydrogen) atoms. The first kappa shape index (κ1) is 24.8. The van der Waals surface area contributed by atoms with Crippen LogP contribution in [0.15, 0.2) is 35.3 Å². The molecule has 0 aliphatic carbocycles. The second kappa shape index (κ2) is 10.9. The molecule has 3 heterocycles. The Labute approximate surface area is 209 Å². The molecule has 2 N–H and O–H groups in total. The first-order valence-corrected chi connectivity index (χ1v) is 12.3. The lowest BCUT2D eigenvalue weighted by Crippen LogP contribution is -2.35. The molecule has 9 nitrogen and oxygen atoms in total. The highest BCUT2D eigenvalue weighted by atomic mass is 35.5. The van der Waals surface area contributed by atoms with Crippen LogP contribution in [0.1, 0.15) is 33.1 Å². The van der Waals surface area contributed by atoms with Crippen molar-refractivity contribution < 1.29 is 9.53 Å². The largest absolute Gasteiger partial charge is 0.478 e. The minimum absolute atomic E-state index is 0.133. The van der Waals surface area contributed by atoms with Gasteiger partial charge in [-0.15, -0.1) is 0 Å². The molecule has 0 saturated carbocycles. The lowest BCUT2D eigenvalue weighted by molar-refractivity contribution is -0.122. The van der Waals surface area contributed by atoms with Crippen molar-refractivity contribution in [1.82, 2.24) is 19.9 Å². The maximum atomic E-state index is 13.0. The van der Waals surface area contributed by atoms with Crippen LogP contribution in [0.2, 0.25) is 5.02 Å². The summed E-state index contributed by atoms with van der Waals surface area (Å²) in [4.78, 5) is 35.9. The summed E-state index contributed by atoms with van der Waals surface area (Å²) in [7, 11) is 1.52. The van der Waals surface area contributed by atoms with Crippen molar-refractivity contribution in [3.8, 4) is 5.75 Å². The van der Waals surface area contributed by atoms with E-state index in [-0.39, 0.29) is 23.8 Å². The summed E-state index contributed by atoms with van der Waals surface area (Å²) < 4.78 is 7.21. The lowest BCUT2D eigenvalue weighted by atomic mass is 10.0. The Morgan fingerprint density at radius 1 is 1.31 bits per heavy atom. The molecule has 0 bridgehead atoms. The highest BCUT2D eigenvalue weighted by Gasteiger charge is 2.20. The molecule has 3 aromatic rings. The third-order valence-electron chi connectivity index (χ3n) is 6.08. The molecule has 0 radical (unpaired) electrons. The van der Waals surface area contributed by atoms with E-state index in [0.29, 0.717) is 29.3 Å². The van der Waals surface area contributed by atoms with E-state index in [4.69, 9.17) is 21.3 Å². The van der Waals surface area contributed by atoms with Crippen LogP contribution in [-0.2, 0) is 11.3 Å². The van der Waals surface area contributed by atoms with E-state index in [1.807, 2.05) is 25.1 Å². The number of anilines is 3. The van der Waals surface area contributed by atoms with Gasteiger partial charge in [0.05, 0.1) is 11.7 Å². The van der Waals surface area contributed by atoms with Gasteiger partial charge < -0.3 is 24.8 Å². The maximum Gasteiger partial charge on any atom is 0.293 e. The van der Waals surface area contributed by atoms with Crippen molar-refractivity contribution in [1.29, 1.82) is 0 Å². The first-order chi connectivity index (χ1) is 16.9. The van der Waals surface area contributed by atoms with Gasteiger partial charge in [-0.2, -0.15) is 4.98 Å². The Kier molecular flexibility index (Phi) is 7.75. The molecule has 4 rings (SSSR count). The van der Waals surface area contributed by atoms with Gasteiger partial charge in [0.25, 0.3) is 11.5 Å². The Balaban J connectivity index is 1.66. The summed E-state index contributed by atoms with van der Waals surface area (Å²) >= 11 is 6.42. The van der Waals surface area contributed by atoms with Crippen LogP contribution in [0.5, 0.6) is 5.75 Å². The number of hydrogen-bond acceptors (Lipinski definition) is 7. The Morgan fingerprint density at radius 2 is 2.14 bits per heavy atom. The first-order valence-electron chi connectivity index (χ1n) is 11.9. The zero-order valence-corrected chi connectivity index (χ0v) is 21.1. The van der Waals surface area contributed by atoms with Crippen molar-refractivity contribution >= 4 is 45.9 Å². The predicted molar refractivity (Wildman–Crippen MR) is 139 cm³/mol. The monoisotopic (exact) mass is 498 g/mol. The average molecular weight is 499 g/mol. The predicted octanol–water partition coefficient (Wildman–Crippen LogP) is 3.96. The smallest absolute Gasteiger partial charge is 0.293 e. The van der Waals surface area contributed by atoms with Gasteiger partial charge in [-0.1, -0.05) is 25.4 Å². The number of nitrogens with zero attached hydrogens (tertiary/aromatic N) is 4. The second-order valence-electron chi connectivity index (χ2n) is 8.89. The number of pyridine rings is 1. The molecule has 1 amide bonds. The Morgan fingerprint density at radius 3 is 2.89 bits per heavy atom. The van der Waals surface area contributed by atoms with Gasteiger partial charge in [-0.25, -0.2) is 4.98 Å². The fraction of sp³-hybridized carbons (Fsp3) is 0.440. The van der Waals surface area contributed by atoms with Gasteiger partial charge in [-0.3, -0.25) is 9.59 Å². The minimum atomic E-state index is -0.306. The lowest BCUT2D eigenvalue weighted by Gasteiger charge is -2.31. The highest BCUT2D eigenvalue weighted by Crippen LogP contribution is 2.29. The van der Waals surface area contributed by atoms with Crippen LogP contribution in [0.4, 0.5) is 17.5 Å². The number of amides is 1. The van der Waals surface area contributed by atoms with E-state index < -0.39 is 0 Å². The fourth-order valence-electron chi connectivity index (χ4n) is 4.31. The Hall–Kier alpha value is -3.33. The number of carbonyl (C=O) groups is 1. The van der Waals surface area contributed by atoms with Gasteiger partial charge in [0.2, 0.25) is 5.95 Å². The average Bonchev–Trinajstić information content (AvgIpc) is 2.85. The van der Waals surface area contributed by atoms with Crippen molar-refractivity contribution in [2.75, 3.05) is 37.0 Å². The molecule has 1 aromatic carbocycles. The van der Waals surface area contributed by atoms with Gasteiger partial charge in [-0.05, 0) is 49.4 Å². The summed E-state index contributed by atoms with van der Waals surface area (Å²) in [5, 5.41) is 7.01. The van der Waals surface area contributed by atoms with E-state index >= 15 is 0 Å². The van der Waals surface area contributed by atoms with Crippen LogP contribution >= 0.6 is 11.6 Å². The molecule has 10 heteroatoms. The van der Waals surface area contributed by atoms with Crippen LogP contribution in [0.25, 0.3) is 10.9 Å². The maximum absolute atomic E-state index is 13.0. The zero-order valence-electron chi connectivity index (χ0n) is 20.3. The molecule has 1 aliphatic heterocycles. The Bertz CT molecular complexity index is 1280. The molecule has 1 aliphatic rings. The van der Waals surface area contributed by atoms with Crippen molar-refractivity contribution in [3.63, 3.8) is 0 Å². The number of carbonyl (C=O) groups excluding carboxylic acids is 1. The molecule has 0 spiro atoms. The fourth-order valence-corrected chi connectivity index (χ4v) is 4.45. The van der Waals surface area contributed by atoms with Crippen LogP contribution in [0.3, 0.4) is 0 Å². The molecule has 2 aromatic heterocycles. The van der Waals surface area contributed by atoms with Crippen LogP contribution in [0, 0.1) is 5.92 Å². The molecule has 1 fully saturated rings. The topological polar surface area (TPSA) is 101 Å². The van der Waals surface area contributed by atoms with E-state index in [1.165, 1.54) is 13.5 Å². The number of nitrogens with one attached hydrogen (secondary N) is 2. The van der Waals surface area contributed by atoms with Crippen LogP contribution < -0.4 is 25.8 Å². The third-order valence-corrected chi connectivity index (χ3v) is 6.36. The molecule has 1 atom stereocenters. The van der Waals surface area contributed by atoms with Crippen molar-refractivity contribution in [2.45, 2.75) is 39.7 Å². The summed E-state index contributed by atoms with van der Waals surface area (Å²) in [6.45, 7) is 6.40. The minimum Gasteiger partial charge on any atom is -0.478 e. The van der Waals surface area contributed by atoms with Gasteiger partial charge in [0, 0.05) is 37.8 Å².